The molecule has 2 heterocycles. The van der Waals surface area contributed by atoms with E-state index in [1.54, 1.807) is 18.2 Å². The van der Waals surface area contributed by atoms with Crippen LogP contribution in [0.4, 0.5) is 0 Å². The molecule has 1 aromatic heterocycles. The van der Waals surface area contributed by atoms with Crippen LogP contribution in [0.5, 0.6) is 11.5 Å². The van der Waals surface area contributed by atoms with Crippen LogP contribution >= 0.6 is 0 Å². The summed E-state index contributed by atoms with van der Waals surface area (Å²) in [6.45, 7) is 1.03. The lowest BCUT2D eigenvalue weighted by molar-refractivity contribution is 0.0683. The fraction of sp³-hybridized carbons (Fsp3) is 0.154. The molecule has 0 fully saturated rings. The fourth-order valence-corrected chi connectivity index (χ4v) is 1.83. The number of carboxylic acids is 1. The van der Waals surface area contributed by atoms with Gasteiger partial charge in [0.1, 0.15) is 13.2 Å². The van der Waals surface area contributed by atoms with Gasteiger partial charge >= 0.3 is 5.97 Å². The smallest absolute Gasteiger partial charge is 0.373 e. The molecule has 0 bridgehead atoms. The average Bonchev–Trinajstić information content (AvgIpc) is 2.47. The summed E-state index contributed by atoms with van der Waals surface area (Å²) in [6.07, 6.45) is 1.42. The first-order chi connectivity index (χ1) is 9.24. The lowest BCUT2D eigenvalue weighted by Gasteiger charge is -2.18. The van der Waals surface area contributed by atoms with Crippen molar-refractivity contribution in [2.24, 2.45) is 0 Å². The second kappa shape index (κ2) is 4.56. The van der Waals surface area contributed by atoms with E-state index in [4.69, 9.17) is 14.6 Å². The monoisotopic (exact) mass is 258 g/mol. The Labute approximate surface area is 108 Å². The van der Waals surface area contributed by atoms with Gasteiger partial charge in [-0.15, -0.1) is 0 Å². The van der Waals surface area contributed by atoms with Crippen LogP contribution in [0.2, 0.25) is 0 Å². The van der Waals surface area contributed by atoms with Crippen molar-refractivity contribution < 1.29 is 19.4 Å². The minimum absolute atomic E-state index is 0.229. The van der Waals surface area contributed by atoms with E-state index < -0.39 is 5.97 Å². The first-order valence-electron chi connectivity index (χ1n) is 5.70. The Kier molecular flexibility index (Phi) is 2.75. The van der Waals surface area contributed by atoms with Crippen molar-refractivity contribution in [3.8, 4) is 22.8 Å². The summed E-state index contributed by atoms with van der Waals surface area (Å²) in [4.78, 5) is 18.5. The second-order valence-corrected chi connectivity index (χ2v) is 3.93. The minimum atomic E-state index is -1.15. The van der Waals surface area contributed by atoms with Gasteiger partial charge in [-0.25, -0.2) is 14.8 Å². The van der Waals surface area contributed by atoms with Gasteiger partial charge in [0.15, 0.2) is 11.5 Å². The lowest BCUT2D eigenvalue weighted by atomic mass is 10.1. The fourth-order valence-electron chi connectivity index (χ4n) is 1.83. The van der Waals surface area contributed by atoms with Crippen molar-refractivity contribution in [1.82, 2.24) is 9.97 Å². The van der Waals surface area contributed by atoms with E-state index in [1.807, 2.05) is 6.07 Å². The van der Waals surface area contributed by atoms with Gasteiger partial charge < -0.3 is 14.6 Å². The van der Waals surface area contributed by atoms with Gasteiger partial charge in [0, 0.05) is 11.8 Å². The highest BCUT2D eigenvalue weighted by Crippen LogP contribution is 2.33. The van der Waals surface area contributed by atoms with Crippen molar-refractivity contribution in [3.05, 3.63) is 36.3 Å². The zero-order valence-corrected chi connectivity index (χ0v) is 9.87. The highest BCUT2D eigenvalue weighted by molar-refractivity contribution is 5.83. The third kappa shape index (κ3) is 2.20. The molecule has 6 heteroatoms. The van der Waals surface area contributed by atoms with Gasteiger partial charge in [-0.2, -0.15) is 0 Å². The third-order valence-electron chi connectivity index (χ3n) is 2.68. The number of rotatable bonds is 2. The molecule has 0 amide bonds. The normalized spacial score (nSPS) is 13.1. The summed E-state index contributed by atoms with van der Waals surface area (Å²) < 4.78 is 10.9. The van der Waals surface area contributed by atoms with E-state index in [1.165, 1.54) is 6.20 Å². The van der Waals surface area contributed by atoms with Crippen LogP contribution in [0, 0.1) is 0 Å². The number of nitrogens with zero attached hydrogens (tertiary/aromatic N) is 2. The van der Waals surface area contributed by atoms with E-state index in [0.717, 1.165) is 5.56 Å². The van der Waals surface area contributed by atoms with Crippen LogP contribution in [0.1, 0.15) is 10.6 Å². The molecule has 1 aliphatic heterocycles. The summed E-state index contributed by atoms with van der Waals surface area (Å²) in [7, 11) is 0. The summed E-state index contributed by atoms with van der Waals surface area (Å²) in [6, 6.07) is 7.02. The first-order valence-corrected chi connectivity index (χ1v) is 5.70. The SMILES string of the molecule is O=C(O)c1nccc(-c2ccc3c(c2)OCCO3)n1. The molecule has 0 saturated carbocycles. The molecular formula is C13H10N2O4. The molecular weight excluding hydrogens is 248 g/mol. The maximum atomic E-state index is 10.8. The Balaban J connectivity index is 2.02. The number of hydrogen-bond donors (Lipinski definition) is 1. The number of aromatic nitrogens is 2. The Morgan fingerprint density at radius 1 is 1.16 bits per heavy atom. The molecule has 0 spiro atoms. The van der Waals surface area contributed by atoms with E-state index in [2.05, 4.69) is 9.97 Å². The van der Waals surface area contributed by atoms with E-state index in [0.29, 0.717) is 30.4 Å². The molecule has 3 rings (SSSR count). The number of carboxylic acid groups (broad SMARTS) is 1. The van der Waals surface area contributed by atoms with Gasteiger partial charge in [0.2, 0.25) is 5.82 Å². The Hall–Kier alpha value is -2.63. The number of ether oxygens (including phenoxy) is 2. The van der Waals surface area contributed by atoms with Crippen LogP contribution in [-0.4, -0.2) is 34.3 Å². The number of aromatic carboxylic acids is 1. The number of carbonyl (C=O) groups is 1. The van der Waals surface area contributed by atoms with Gasteiger partial charge in [0.05, 0.1) is 5.69 Å². The van der Waals surface area contributed by atoms with Gasteiger partial charge in [0.25, 0.3) is 0 Å². The summed E-state index contributed by atoms with van der Waals surface area (Å²) >= 11 is 0. The predicted molar refractivity (Wildman–Crippen MR) is 65.4 cm³/mol. The quantitative estimate of drug-likeness (QED) is 0.881. The molecule has 0 radical (unpaired) electrons. The van der Waals surface area contributed by atoms with Crippen LogP contribution in [0.15, 0.2) is 30.5 Å². The molecule has 19 heavy (non-hydrogen) atoms. The molecule has 2 aromatic rings. The van der Waals surface area contributed by atoms with Gasteiger partial charge in [-0.1, -0.05) is 0 Å². The maximum Gasteiger partial charge on any atom is 0.373 e. The number of hydrogen-bond acceptors (Lipinski definition) is 5. The van der Waals surface area contributed by atoms with Crippen LogP contribution in [0.25, 0.3) is 11.3 Å². The van der Waals surface area contributed by atoms with Crippen molar-refractivity contribution in [2.45, 2.75) is 0 Å². The predicted octanol–water partition coefficient (Wildman–Crippen LogP) is 1.61. The molecule has 1 N–H and O–H groups in total. The zero-order valence-electron chi connectivity index (χ0n) is 9.87. The molecule has 1 aromatic carbocycles. The molecule has 0 saturated heterocycles. The molecule has 96 valence electrons. The lowest BCUT2D eigenvalue weighted by Crippen LogP contribution is -2.15. The van der Waals surface area contributed by atoms with Crippen molar-refractivity contribution in [1.29, 1.82) is 0 Å². The second-order valence-electron chi connectivity index (χ2n) is 3.93. The van der Waals surface area contributed by atoms with E-state index in [-0.39, 0.29) is 5.82 Å². The molecule has 6 nitrogen and oxygen atoms in total. The summed E-state index contributed by atoms with van der Waals surface area (Å²) in [5.41, 5.74) is 1.29. The van der Waals surface area contributed by atoms with Gasteiger partial charge in [-0.3, -0.25) is 0 Å². The van der Waals surface area contributed by atoms with Crippen LogP contribution < -0.4 is 9.47 Å². The zero-order chi connectivity index (χ0) is 13.2. The molecule has 0 aliphatic carbocycles. The molecule has 1 aliphatic rings. The standard InChI is InChI=1S/C13H10N2O4/c16-13(17)12-14-4-3-9(15-12)8-1-2-10-11(7-8)19-6-5-18-10/h1-4,7H,5-6H2,(H,16,17). The highest BCUT2D eigenvalue weighted by Gasteiger charge is 2.14. The van der Waals surface area contributed by atoms with Crippen molar-refractivity contribution >= 4 is 5.97 Å². The summed E-state index contributed by atoms with van der Waals surface area (Å²) in [5.74, 6) is -0.0615. The largest absolute Gasteiger partial charge is 0.486 e. The topological polar surface area (TPSA) is 81.5 Å². The Morgan fingerprint density at radius 2 is 1.95 bits per heavy atom. The third-order valence-corrected chi connectivity index (χ3v) is 2.68. The number of fused-ring (bicyclic) bond motifs is 1. The van der Waals surface area contributed by atoms with Crippen LogP contribution in [-0.2, 0) is 0 Å². The highest BCUT2D eigenvalue weighted by atomic mass is 16.6. The Bertz CT molecular complexity index is 642. The Morgan fingerprint density at radius 3 is 2.74 bits per heavy atom. The maximum absolute atomic E-state index is 10.8. The summed E-state index contributed by atoms with van der Waals surface area (Å²) in [5, 5.41) is 8.88. The van der Waals surface area contributed by atoms with E-state index in [9.17, 15) is 4.79 Å². The average molecular weight is 258 g/mol. The molecule has 0 unspecified atom stereocenters. The van der Waals surface area contributed by atoms with Crippen LogP contribution in [0.3, 0.4) is 0 Å². The molecule has 0 atom stereocenters. The minimum Gasteiger partial charge on any atom is -0.486 e. The number of benzene rings is 1. The first kappa shape index (κ1) is 11.5. The van der Waals surface area contributed by atoms with Gasteiger partial charge in [-0.05, 0) is 24.3 Å². The van der Waals surface area contributed by atoms with Crippen molar-refractivity contribution in [3.63, 3.8) is 0 Å². The van der Waals surface area contributed by atoms with E-state index >= 15 is 0 Å². The van der Waals surface area contributed by atoms with Crippen molar-refractivity contribution in [2.75, 3.05) is 13.2 Å².